The zero-order valence-corrected chi connectivity index (χ0v) is 25.9. The molecule has 3 aliphatic heterocycles. The Balaban J connectivity index is 1.22. The van der Waals surface area contributed by atoms with E-state index in [1.165, 1.54) is 7.11 Å². The number of halogens is 6. The highest BCUT2D eigenvalue weighted by Crippen LogP contribution is 2.50. The minimum Gasteiger partial charge on any atom is -0.490 e. The second-order valence-corrected chi connectivity index (χ2v) is 13.6. The van der Waals surface area contributed by atoms with Gasteiger partial charge in [-0.2, -0.15) is 26.3 Å². The summed E-state index contributed by atoms with van der Waals surface area (Å²) in [6, 6.07) is 7.22. The van der Waals surface area contributed by atoms with Gasteiger partial charge >= 0.3 is 18.3 Å². The topological polar surface area (TPSA) is 38.8 Å². The van der Waals surface area contributed by atoms with Crippen LogP contribution in [0, 0.1) is 17.8 Å². The molecule has 1 saturated carbocycles. The minimum atomic E-state index is -4.75. The van der Waals surface area contributed by atoms with Crippen LogP contribution in [0.4, 0.5) is 26.3 Å². The number of hydrogen-bond acceptors (Lipinski definition) is 4. The number of ether oxygens (including phenoxy) is 2. The lowest BCUT2D eigenvalue weighted by molar-refractivity contribution is -0.146. The molecule has 3 fully saturated rings. The van der Waals surface area contributed by atoms with Gasteiger partial charge in [-0.1, -0.05) is 25.5 Å². The number of carbonyl (C=O) groups is 1. The van der Waals surface area contributed by atoms with E-state index in [4.69, 9.17) is 9.47 Å². The number of aryl methyl sites for hydroxylation is 1. The Hall–Kier alpha value is -2.75. The molecule has 0 aromatic heterocycles. The Bertz CT molecular complexity index is 1390. The molecule has 0 radical (unpaired) electrons. The van der Waals surface area contributed by atoms with Crippen molar-refractivity contribution < 1.29 is 40.6 Å². The van der Waals surface area contributed by atoms with Crippen molar-refractivity contribution in [2.75, 3.05) is 7.11 Å². The lowest BCUT2D eigenvalue weighted by atomic mass is 9.73. The summed E-state index contributed by atoms with van der Waals surface area (Å²) in [7, 11) is 1.42. The summed E-state index contributed by atoms with van der Waals surface area (Å²) in [4.78, 5) is 14.5. The fourth-order valence-electron chi connectivity index (χ4n) is 8.60. The van der Waals surface area contributed by atoms with Crippen LogP contribution in [0.15, 0.2) is 36.4 Å². The Morgan fingerprint density at radius 1 is 0.911 bits per heavy atom. The molecule has 1 unspecified atom stereocenters. The van der Waals surface area contributed by atoms with E-state index in [1.54, 1.807) is 6.92 Å². The quantitative estimate of drug-likeness (QED) is 0.224. The average molecular weight is 638 g/mol. The highest BCUT2D eigenvalue weighted by Gasteiger charge is 2.47. The fourth-order valence-corrected chi connectivity index (χ4v) is 8.60. The molecule has 2 aromatic carbocycles. The first kappa shape index (κ1) is 32.2. The van der Waals surface area contributed by atoms with Gasteiger partial charge in [0.15, 0.2) is 0 Å². The number of methoxy groups -OCH3 is 1. The number of piperidine rings is 2. The van der Waals surface area contributed by atoms with Gasteiger partial charge in [0.25, 0.3) is 0 Å². The van der Waals surface area contributed by atoms with Crippen molar-refractivity contribution >= 4 is 5.97 Å². The van der Waals surface area contributed by atoms with E-state index in [9.17, 15) is 31.1 Å². The van der Waals surface area contributed by atoms with Crippen molar-refractivity contribution in [1.29, 1.82) is 0 Å². The number of nitrogens with zero attached hydrogens (tertiary/aromatic N) is 1. The second kappa shape index (κ2) is 12.1. The van der Waals surface area contributed by atoms with Crippen molar-refractivity contribution in [2.24, 2.45) is 17.8 Å². The van der Waals surface area contributed by atoms with Gasteiger partial charge in [-0.15, -0.1) is 0 Å². The molecular formula is C35H41F6NO3. The third kappa shape index (κ3) is 6.45. The molecule has 3 heterocycles. The molecule has 0 spiro atoms. The number of alkyl halides is 6. The van der Waals surface area contributed by atoms with Crippen molar-refractivity contribution in [1.82, 2.24) is 4.90 Å². The zero-order chi connectivity index (χ0) is 32.3. The highest BCUT2D eigenvalue weighted by molar-refractivity contribution is 5.73. The molecule has 4 aliphatic rings. The molecule has 6 rings (SSSR count). The molecule has 0 amide bonds. The van der Waals surface area contributed by atoms with Crippen LogP contribution in [0.5, 0.6) is 5.75 Å². The minimum absolute atomic E-state index is 0.0374. The summed E-state index contributed by atoms with van der Waals surface area (Å²) in [5.41, 5.74) is -0.162. The number of hydrogen-bond donors (Lipinski definition) is 0. The lowest BCUT2D eigenvalue weighted by Crippen LogP contribution is -2.55. The largest absolute Gasteiger partial charge is 0.490 e. The fraction of sp³-hybridized carbons (Fsp3) is 0.629. The monoisotopic (exact) mass is 637 g/mol. The Morgan fingerprint density at radius 3 is 2.20 bits per heavy atom. The number of rotatable bonds is 7. The van der Waals surface area contributed by atoms with Crippen LogP contribution >= 0.6 is 0 Å². The molecule has 1 aliphatic carbocycles. The Morgan fingerprint density at radius 2 is 1.60 bits per heavy atom. The summed E-state index contributed by atoms with van der Waals surface area (Å²) >= 11 is 0. The van der Waals surface area contributed by atoms with Crippen LogP contribution < -0.4 is 4.74 Å². The molecule has 10 heteroatoms. The van der Waals surface area contributed by atoms with Gasteiger partial charge in [-0.25, -0.2) is 0 Å². The molecule has 2 bridgehead atoms. The van der Waals surface area contributed by atoms with Gasteiger partial charge < -0.3 is 9.47 Å². The van der Waals surface area contributed by atoms with E-state index >= 15 is 0 Å². The second-order valence-electron chi connectivity index (χ2n) is 13.6. The van der Waals surface area contributed by atoms with E-state index < -0.39 is 29.5 Å². The SMILES string of the molecule is COC(=O)[C@H](C)[C@H](c1ccc2c(c1)O[C@@H](C1C[C@H]3CCC[C@@H](C1)N3[C@H](C)c1cc(C(F)(F)F)ccc1C(F)(F)F)CC2)C1CC1. The van der Waals surface area contributed by atoms with Gasteiger partial charge in [0.05, 0.1) is 24.2 Å². The van der Waals surface area contributed by atoms with Gasteiger partial charge in [0.1, 0.15) is 11.9 Å². The summed E-state index contributed by atoms with van der Waals surface area (Å²) in [6.45, 7) is 3.54. The van der Waals surface area contributed by atoms with Crippen LogP contribution in [-0.2, 0) is 28.3 Å². The van der Waals surface area contributed by atoms with E-state index in [0.29, 0.717) is 24.1 Å². The molecule has 4 nitrogen and oxygen atoms in total. The number of esters is 1. The van der Waals surface area contributed by atoms with Crippen molar-refractivity contribution in [2.45, 2.75) is 114 Å². The number of benzene rings is 2. The maximum absolute atomic E-state index is 14.0. The lowest BCUT2D eigenvalue weighted by Gasteiger charge is -2.53. The van der Waals surface area contributed by atoms with E-state index in [1.807, 2.05) is 6.92 Å². The molecule has 45 heavy (non-hydrogen) atoms. The first-order chi connectivity index (χ1) is 21.3. The maximum atomic E-state index is 14.0. The summed E-state index contributed by atoms with van der Waals surface area (Å²) < 4.78 is 94.5. The molecule has 246 valence electrons. The van der Waals surface area contributed by atoms with Gasteiger partial charge in [0.2, 0.25) is 0 Å². The predicted molar refractivity (Wildman–Crippen MR) is 157 cm³/mol. The van der Waals surface area contributed by atoms with Crippen molar-refractivity contribution in [3.05, 3.63) is 64.2 Å². The summed E-state index contributed by atoms with van der Waals surface area (Å²) in [5.74, 6) is 1.05. The van der Waals surface area contributed by atoms with Gasteiger partial charge in [-0.3, -0.25) is 9.69 Å². The molecule has 2 aromatic rings. The van der Waals surface area contributed by atoms with Crippen LogP contribution in [0.1, 0.15) is 105 Å². The van der Waals surface area contributed by atoms with Gasteiger partial charge in [-0.05, 0) is 117 Å². The Kier molecular flexibility index (Phi) is 8.67. The number of fused-ring (bicyclic) bond motifs is 3. The predicted octanol–water partition coefficient (Wildman–Crippen LogP) is 9.11. The van der Waals surface area contributed by atoms with Crippen LogP contribution in [0.2, 0.25) is 0 Å². The van der Waals surface area contributed by atoms with E-state index in [-0.39, 0.29) is 47.5 Å². The standard InChI is InChI=1S/C35H41F6NO3/c1-19(33(43)44-3)32(22-8-9-22)23-10-7-21-11-14-30(45-31(21)17-23)24-15-26-5-4-6-27(16-24)42(26)20(2)28-18-25(34(36,37)38)12-13-29(28)35(39,40)41/h7,10,12-13,17-20,22,24,26-27,30,32H,4-6,8-9,11,14-16H2,1-3H3/t19-,20-,24?,26-,27+,30-,32+/m1/s1. The van der Waals surface area contributed by atoms with Crippen LogP contribution in [0.25, 0.3) is 0 Å². The molecular weight excluding hydrogens is 596 g/mol. The van der Waals surface area contributed by atoms with E-state index in [2.05, 4.69) is 23.1 Å². The maximum Gasteiger partial charge on any atom is 0.416 e. The van der Waals surface area contributed by atoms with Crippen molar-refractivity contribution in [3.63, 3.8) is 0 Å². The zero-order valence-electron chi connectivity index (χ0n) is 25.9. The third-order valence-electron chi connectivity index (χ3n) is 10.9. The highest BCUT2D eigenvalue weighted by atomic mass is 19.4. The first-order valence-electron chi connectivity index (χ1n) is 16.2. The first-order valence-corrected chi connectivity index (χ1v) is 16.2. The average Bonchev–Trinajstić information content (AvgIpc) is 3.83. The Labute approximate surface area is 260 Å². The molecule has 2 saturated heterocycles. The molecule has 0 N–H and O–H groups in total. The van der Waals surface area contributed by atoms with Crippen molar-refractivity contribution in [3.8, 4) is 5.75 Å². The van der Waals surface area contributed by atoms with Gasteiger partial charge in [0, 0.05) is 18.1 Å². The summed E-state index contributed by atoms with van der Waals surface area (Å²) in [6.07, 6.45) is -1.70. The smallest absolute Gasteiger partial charge is 0.416 e. The normalized spacial score (nSPS) is 27.6. The summed E-state index contributed by atoms with van der Waals surface area (Å²) in [5, 5.41) is 0. The van der Waals surface area contributed by atoms with Crippen LogP contribution in [0.3, 0.4) is 0 Å². The third-order valence-corrected chi connectivity index (χ3v) is 10.9. The molecule has 7 atom stereocenters. The number of carbonyl (C=O) groups excluding carboxylic acids is 1. The van der Waals surface area contributed by atoms with E-state index in [0.717, 1.165) is 74.7 Å². The van der Waals surface area contributed by atoms with Crippen LogP contribution in [-0.4, -0.2) is 36.2 Å².